The van der Waals surface area contributed by atoms with Crippen LogP contribution in [0.1, 0.15) is 39.5 Å². The van der Waals surface area contributed by atoms with E-state index in [1.54, 1.807) is 0 Å². The SMILES string of the molecule is CCC(O)COCCC[Si](C)(C)O[Si](C)(C)CCCOCC(O)CC. The lowest BCUT2D eigenvalue weighted by atomic mass is 10.3. The molecule has 0 saturated heterocycles. The molecule has 2 atom stereocenters. The zero-order chi connectivity index (χ0) is 19.3. The van der Waals surface area contributed by atoms with E-state index in [9.17, 15) is 10.2 Å². The highest BCUT2D eigenvalue weighted by Crippen LogP contribution is 2.23. The molecule has 0 radical (unpaired) electrons. The molecule has 5 nitrogen and oxygen atoms in total. The molecule has 7 heteroatoms. The van der Waals surface area contributed by atoms with Crippen LogP contribution in [0.15, 0.2) is 0 Å². The first-order chi connectivity index (χ1) is 11.6. The van der Waals surface area contributed by atoms with Gasteiger partial charge in [-0.15, -0.1) is 0 Å². The Morgan fingerprint density at radius 2 is 1.08 bits per heavy atom. The maximum Gasteiger partial charge on any atom is 0.173 e. The minimum absolute atomic E-state index is 0.339. The van der Waals surface area contributed by atoms with E-state index >= 15 is 0 Å². The van der Waals surface area contributed by atoms with Crippen LogP contribution in [0.2, 0.25) is 38.3 Å². The molecule has 2 unspecified atom stereocenters. The van der Waals surface area contributed by atoms with Crippen molar-refractivity contribution in [3.05, 3.63) is 0 Å². The minimum atomic E-state index is -1.68. The van der Waals surface area contributed by atoms with Crippen LogP contribution in [0.4, 0.5) is 0 Å². The van der Waals surface area contributed by atoms with Gasteiger partial charge in [0.2, 0.25) is 0 Å². The van der Waals surface area contributed by atoms with Gasteiger partial charge in [0.1, 0.15) is 0 Å². The maximum atomic E-state index is 9.48. The van der Waals surface area contributed by atoms with E-state index in [-0.39, 0.29) is 12.2 Å². The topological polar surface area (TPSA) is 68.2 Å². The third-order valence-electron chi connectivity index (χ3n) is 4.25. The van der Waals surface area contributed by atoms with Crippen LogP contribution >= 0.6 is 0 Å². The van der Waals surface area contributed by atoms with E-state index in [1.165, 1.54) is 0 Å². The van der Waals surface area contributed by atoms with E-state index in [1.807, 2.05) is 13.8 Å². The van der Waals surface area contributed by atoms with Gasteiger partial charge in [0.05, 0.1) is 25.4 Å². The zero-order valence-corrected chi connectivity index (χ0v) is 19.3. The smallest absolute Gasteiger partial charge is 0.173 e. The molecule has 0 saturated carbocycles. The zero-order valence-electron chi connectivity index (χ0n) is 17.3. The van der Waals surface area contributed by atoms with Crippen LogP contribution < -0.4 is 0 Å². The van der Waals surface area contributed by atoms with Crippen molar-refractivity contribution in [3.63, 3.8) is 0 Å². The average Bonchev–Trinajstić information content (AvgIpc) is 2.52. The van der Waals surface area contributed by atoms with Gasteiger partial charge in [0.25, 0.3) is 0 Å². The molecule has 0 rings (SSSR count). The summed E-state index contributed by atoms with van der Waals surface area (Å²) in [6, 6.07) is 2.18. The summed E-state index contributed by atoms with van der Waals surface area (Å²) in [6.45, 7) is 15.3. The van der Waals surface area contributed by atoms with Gasteiger partial charge in [0.15, 0.2) is 16.6 Å². The normalized spacial score (nSPS) is 15.4. The third kappa shape index (κ3) is 15.0. The monoisotopic (exact) mass is 394 g/mol. The Morgan fingerprint density at radius 3 is 1.40 bits per heavy atom. The Hall–Kier alpha value is 0.234. The molecule has 0 aliphatic heterocycles. The molecule has 0 aliphatic rings. The number of rotatable bonds is 16. The van der Waals surface area contributed by atoms with Crippen molar-refractivity contribution in [2.24, 2.45) is 0 Å². The second kappa shape index (κ2) is 13.4. The summed E-state index contributed by atoms with van der Waals surface area (Å²) in [5.74, 6) is 0. The highest BCUT2D eigenvalue weighted by atomic mass is 28.4. The number of aliphatic hydroxyl groups is 2. The number of hydrogen-bond donors (Lipinski definition) is 2. The summed E-state index contributed by atoms with van der Waals surface area (Å²) in [7, 11) is -3.36. The molecular formula is C18H42O5Si2. The fourth-order valence-electron chi connectivity index (χ4n) is 2.72. The second-order valence-electron chi connectivity index (χ2n) is 8.10. The fraction of sp³-hybridized carbons (Fsp3) is 1.00. The van der Waals surface area contributed by atoms with Crippen molar-refractivity contribution in [2.75, 3.05) is 26.4 Å². The highest BCUT2D eigenvalue weighted by Gasteiger charge is 2.32. The third-order valence-corrected chi connectivity index (χ3v) is 11.8. The maximum absolute atomic E-state index is 9.48. The van der Waals surface area contributed by atoms with Gasteiger partial charge in [0, 0.05) is 13.2 Å². The number of hydrogen-bond acceptors (Lipinski definition) is 5. The molecule has 0 amide bonds. The Labute approximate surface area is 157 Å². The van der Waals surface area contributed by atoms with Crippen molar-refractivity contribution >= 4 is 16.6 Å². The average molecular weight is 395 g/mol. The molecule has 0 fully saturated rings. The summed E-state index contributed by atoms with van der Waals surface area (Å²) >= 11 is 0. The molecule has 0 spiro atoms. The van der Waals surface area contributed by atoms with E-state index in [0.717, 1.165) is 37.8 Å². The van der Waals surface area contributed by atoms with E-state index in [4.69, 9.17) is 13.6 Å². The summed E-state index contributed by atoms with van der Waals surface area (Å²) in [5.41, 5.74) is 0. The first-order valence-corrected chi connectivity index (χ1v) is 16.1. The Balaban J connectivity index is 3.91. The van der Waals surface area contributed by atoms with Crippen molar-refractivity contribution in [2.45, 2.75) is 90.0 Å². The Kier molecular flexibility index (Phi) is 13.5. The second-order valence-corrected chi connectivity index (χ2v) is 17.0. The standard InChI is InChI=1S/C18H42O5Si2/c1-7-17(19)15-21-11-9-13-24(3,4)23-25(5,6)14-10-12-22-16-18(20)8-2/h17-20H,7-16H2,1-6H3. The van der Waals surface area contributed by atoms with E-state index < -0.39 is 16.6 Å². The van der Waals surface area contributed by atoms with Gasteiger partial charge in [-0.3, -0.25) is 0 Å². The van der Waals surface area contributed by atoms with Crippen LogP contribution in [0.3, 0.4) is 0 Å². The van der Waals surface area contributed by atoms with Gasteiger partial charge >= 0.3 is 0 Å². The van der Waals surface area contributed by atoms with E-state index in [0.29, 0.717) is 26.4 Å². The highest BCUT2D eigenvalue weighted by molar-refractivity contribution is 6.84. The number of ether oxygens (including phenoxy) is 2. The van der Waals surface area contributed by atoms with Gasteiger partial charge in [-0.25, -0.2) is 0 Å². The number of aliphatic hydroxyl groups excluding tert-OH is 2. The molecule has 0 bridgehead atoms. The fourth-order valence-corrected chi connectivity index (χ4v) is 11.5. The molecule has 0 aliphatic carbocycles. The molecular weight excluding hydrogens is 352 g/mol. The first kappa shape index (κ1) is 25.2. The lowest BCUT2D eigenvalue weighted by molar-refractivity contribution is 0.0350. The molecule has 152 valence electrons. The molecule has 25 heavy (non-hydrogen) atoms. The van der Waals surface area contributed by atoms with E-state index in [2.05, 4.69) is 26.2 Å². The summed E-state index contributed by atoms with van der Waals surface area (Å²) in [4.78, 5) is 0. The van der Waals surface area contributed by atoms with Gasteiger partial charge in [-0.2, -0.15) is 0 Å². The van der Waals surface area contributed by atoms with Crippen molar-refractivity contribution in [3.8, 4) is 0 Å². The largest absolute Gasteiger partial charge is 0.455 e. The van der Waals surface area contributed by atoms with Crippen LogP contribution in [0, 0.1) is 0 Å². The minimum Gasteiger partial charge on any atom is -0.455 e. The van der Waals surface area contributed by atoms with Gasteiger partial charge < -0.3 is 23.8 Å². The Morgan fingerprint density at radius 1 is 0.720 bits per heavy atom. The van der Waals surface area contributed by atoms with Gasteiger partial charge in [-0.1, -0.05) is 13.8 Å². The molecule has 0 heterocycles. The Bertz CT molecular complexity index is 297. The molecule has 0 aromatic carbocycles. The lowest BCUT2D eigenvalue weighted by Gasteiger charge is -2.34. The lowest BCUT2D eigenvalue weighted by Crippen LogP contribution is -2.44. The summed E-state index contributed by atoms with van der Waals surface area (Å²) in [6.07, 6.45) is 2.80. The van der Waals surface area contributed by atoms with Gasteiger partial charge in [-0.05, 0) is 64.0 Å². The van der Waals surface area contributed by atoms with Crippen molar-refractivity contribution in [1.82, 2.24) is 0 Å². The predicted octanol–water partition coefficient (Wildman–Crippen LogP) is 3.77. The van der Waals surface area contributed by atoms with Crippen LogP contribution in [0.25, 0.3) is 0 Å². The molecule has 0 aromatic heterocycles. The quantitative estimate of drug-likeness (QED) is 0.308. The van der Waals surface area contributed by atoms with Crippen molar-refractivity contribution in [1.29, 1.82) is 0 Å². The molecule has 0 aromatic rings. The van der Waals surface area contributed by atoms with Crippen LogP contribution in [-0.4, -0.2) is 65.5 Å². The van der Waals surface area contributed by atoms with Crippen LogP contribution in [0.5, 0.6) is 0 Å². The first-order valence-electron chi connectivity index (χ1n) is 9.83. The summed E-state index contributed by atoms with van der Waals surface area (Å²) in [5, 5.41) is 19.0. The summed E-state index contributed by atoms with van der Waals surface area (Å²) < 4.78 is 17.6. The van der Waals surface area contributed by atoms with Crippen molar-refractivity contribution < 1.29 is 23.8 Å². The molecule has 2 N–H and O–H groups in total. The predicted molar refractivity (Wildman–Crippen MR) is 109 cm³/mol. The van der Waals surface area contributed by atoms with Crippen LogP contribution in [-0.2, 0) is 13.6 Å².